The van der Waals surface area contributed by atoms with Gasteiger partial charge < -0.3 is 15.2 Å². The van der Waals surface area contributed by atoms with E-state index >= 15 is 0 Å². The van der Waals surface area contributed by atoms with Gasteiger partial charge in [-0.15, -0.1) is 0 Å². The van der Waals surface area contributed by atoms with Crippen molar-refractivity contribution in [2.75, 3.05) is 12.0 Å². The number of esters is 1. The number of allylic oxidation sites excluding steroid dienone is 1. The lowest BCUT2D eigenvalue weighted by Gasteiger charge is -2.35. The Morgan fingerprint density at radius 1 is 1.14 bits per heavy atom. The van der Waals surface area contributed by atoms with Crippen molar-refractivity contribution in [1.29, 1.82) is 0 Å². The number of methoxy groups -OCH3 is 1. The van der Waals surface area contributed by atoms with Gasteiger partial charge in [-0.1, -0.05) is 6.07 Å². The molecule has 0 aliphatic carbocycles. The summed E-state index contributed by atoms with van der Waals surface area (Å²) in [6.07, 6.45) is 0. The van der Waals surface area contributed by atoms with Gasteiger partial charge >= 0.3 is 18.0 Å². The maximum Gasteiger partial charge on any atom is 0.337 e. The molecule has 2 N–H and O–H groups in total. The highest BCUT2D eigenvalue weighted by molar-refractivity contribution is 6.03. The number of ether oxygens (including phenoxy) is 1. The van der Waals surface area contributed by atoms with E-state index in [0.717, 1.165) is 24.1 Å². The van der Waals surface area contributed by atoms with Gasteiger partial charge in [0.15, 0.2) is 0 Å². The van der Waals surface area contributed by atoms with Crippen LogP contribution in [0.15, 0.2) is 53.7 Å². The molecule has 3 rings (SSSR count). The maximum absolute atomic E-state index is 14.3. The van der Waals surface area contributed by atoms with Gasteiger partial charge in [-0.05, 0) is 37.3 Å². The molecule has 0 aromatic heterocycles. The molecule has 2 aromatic rings. The Hall–Kier alpha value is -3.75. The number of hydrogen-bond acceptors (Lipinski definition) is 4. The van der Waals surface area contributed by atoms with Crippen molar-refractivity contribution in [2.24, 2.45) is 0 Å². The molecule has 2 aromatic carbocycles. The summed E-state index contributed by atoms with van der Waals surface area (Å²) in [4.78, 5) is 37.4. The molecule has 0 fully saturated rings. The summed E-state index contributed by atoms with van der Waals surface area (Å²) in [7, 11) is 1.14. The fourth-order valence-electron chi connectivity index (χ4n) is 3.15. The number of urea groups is 1. The van der Waals surface area contributed by atoms with E-state index in [-0.39, 0.29) is 22.4 Å². The number of amides is 2. The lowest BCUT2D eigenvalue weighted by atomic mass is 9.94. The number of halogens is 2. The molecule has 29 heavy (non-hydrogen) atoms. The maximum atomic E-state index is 14.3. The molecule has 0 saturated carbocycles. The van der Waals surface area contributed by atoms with Crippen LogP contribution < -0.4 is 10.2 Å². The molecule has 1 aliphatic rings. The fraction of sp³-hybridized carbons (Fsp3) is 0.150. The van der Waals surface area contributed by atoms with Crippen LogP contribution >= 0.6 is 0 Å². The predicted molar refractivity (Wildman–Crippen MR) is 98.2 cm³/mol. The van der Waals surface area contributed by atoms with E-state index in [2.05, 4.69) is 5.32 Å². The first kappa shape index (κ1) is 20.0. The molecule has 9 heteroatoms. The zero-order valence-electron chi connectivity index (χ0n) is 15.4. The van der Waals surface area contributed by atoms with E-state index < -0.39 is 35.6 Å². The van der Waals surface area contributed by atoms with E-state index in [1.54, 1.807) is 0 Å². The SMILES string of the molecule is COC(=O)C1=C(C)N(c2ccc(C(=O)O)cc2)C(=O)N[C@H]1c1ccc(F)cc1F. The minimum Gasteiger partial charge on any atom is -0.478 e. The Morgan fingerprint density at radius 3 is 2.34 bits per heavy atom. The Morgan fingerprint density at radius 2 is 1.79 bits per heavy atom. The van der Waals surface area contributed by atoms with Crippen molar-refractivity contribution in [3.8, 4) is 0 Å². The van der Waals surface area contributed by atoms with Crippen molar-refractivity contribution >= 4 is 23.7 Å². The highest BCUT2D eigenvalue weighted by Crippen LogP contribution is 2.35. The third-order valence-corrected chi connectivity index (χ3v) is 4.54. The zero-order valence-corrected chi connectivity index (χ0v) is 15.4. The molecule has 0 bridgehead atoms. The lowest BCUT2D eigenvalue weighted by Crippen LogP contribution is -2.48. The molecule has 2 amide bonds. The van der Waals surface area contributed by atoms with Gasteiger partial charge in [-0.25, -0.2) is 23.2 Å². The van der Waals surface area contributed by atoms with Gasteiger partial charge in [-0.3, -0.25) is 4.90 Å². The summed E-state index contributed by atoms with van der Waals surface area (Å²) in [5.41, 5.74) is 0.342. The van der Waals surface area contributed by atoms with Gasteiger partial charge in [0, 0.05) is 17.3 Å². The molecule has 1 atom stereocenters. The van der Waals surface area contributed by atoms with Crippen LogP contribution in [0.25, 0.3) is 0 Å². The van der Waals surface area contributed by atoms with Gasteiger partial charge in [-0.2, -0.15) is 0 Å². The highest BCUT2D eigenvalue weighted by Gasteiger charge is 2.38. The van der Waals surface area contributed by atoms with E-state index in [9.17, 15) is 23.2 Å². The molecular formula is C20H16F2N2O5. The Balaban J connectivity index is 2.13. The second-order valence-corrected chi connectivity index (χ2v) is 6.23. The van der Waals surface area contributed by atoms with Gasteiger partial charge in [0.25, 0.3) is 0 Å². The Labute approximate surface area is 164 Å². The summed E-state index contributed by atoms with van der Waals surface area (Å²) in [6.45, 7) is 1.48. The Bertz CT molecular complexity index is 1030. The molecule has 0 radical (unpaired) electrons. The average Bonchev–Trinajstić information content (AvgIpc) is 2.67. The number of carboxylic acids is 1. The van der Waals surface area contributed by atoms with Crippen LogP contribution in [0.3, 0.4) is 0 Å². The predicted octanol–water partition coefficient (Wildman–Crippen LogP) is 3.38. The summed E-state index contributed by atoms with van der Waals surface area (Å²) in [6, 6.07) is 6.37. The molecule has 1 heterocycles. The number of rotatable bonds is 4. The second-order valence-electron chi connectivity index (χ2n) is 6.23. The lowest BCUT2D eigenvalue weighted by molar-refractivity contribution is -0.136. The number of nitrogens with zero attached hydrogens (tertiary/aromatic N) is 1. The van der Waals surface area contributed by atoms with E-state index in [1.807, 2.05) is 0 Å². The van der Waals surface area contributed by atoms with Crippen LogP contribution in [0.4, 0.5) is 19.3 Å². The Kier molecular flexibility index (Phi) is 5.31. The number of anilines is 1. The quantitative estimate of drug-likeness (QED) is 0.765. The minimum atomic E-state index is -1.19. The second kappa shape index (κ2) is 7.70. The molecule has 150 valence electrons. The average molecular weight is 402 g/mol. The summed E-state index contributed by atoms with van der Waals surface area (Å²) in [5, 5.41) is 11.5. The molecule has 7 nitrogen and oxygen atoms in total. The standard InChI is InChI=1S/C20H16F2N2O5/c1-10-16(19(27)29-2)17(14-8-5-12(21)9-15(14)22)23-20(28)24(10)13-6-3-11(4-7-13)18(25)26/h3-9,17H,1-2H3,(H,23,28)(H,25,26)/t17-/m0/s1. The molecule has 0 unspecified atom stereocenters. The largest absolute Gasteiger partial charge is 0.478 e. The van der Waals surface area contributed by atoms with Crippen LogP contribution in [-0.2, 0) is 9.53 Å². The third kappa shape index (κ3) is 3.66. The van der Waals surface area contributed by atoms with Crippen LogP contribution in [0.5, 0.6) is 0 Å². The minimum absolute atomic E-state index is 0.0206. The number of aromatic carboxylic acids is 1. The first-order chi connectivity index (χ1) is 13.7. The summed E-state index contributed by atoms with van der Waals surface area (Å²) < 4.78 is 32.4. The molecule has 0 saturated heterocycles. The van der Waals surface area contributed by atoms with Crippen molar-refractivity contribution in [3.63, 3.8) is 0 Å². The number of carboxylic acid groups (broad SMARTS) is 1. The van der Waals surface area contributed by atoms with Crippen LogP contribution in [0, 0.1) is 11.6 Å². The van der Waals surface area contributed by atoms with Gasteiger partial charge in [0.2, 0.25) is 0 Å². The fourth-order valence-corrected chi connectivity index (χ4v) is 3.15. The number of nitrogens with one attached hydrogen (secondary N) is 1. The van der Waals surface area contributed by atoms with E-state index in [1.165, 1.54) is 31.2 Å². The van der Waals surface area contributed by atoms with E-state index in [0.29, 0.717) is 11.8 Å². The van der Waals surface area contributed by atoms with E-state index in [4.69, 9.17) is 9.84 Å². The number of carbonyl (C=O) groups excluding carboxylic acids is 2. The molecule has 0 spiro atoms. The van der Waals surface area contributed by atoms with Gasteiger partial charge in [0.1, 0.15) is 11.6 Å². The van der Waals surface area contributed by atoms with Crippen LogP contribution in [0.1, 0.15) is 28.9 Å². The van der Waals surface area contributed by atoms with Crippen molar-refractivity contribution in [1.82, 2.24) is 5.32 Å². The van der Waals surface area contributed by atoms with Gasteiger partial charge in [0.05, 0.1) is 30.0 Å². The highest BCUT2D eigenvalue weighted by atomic mass is 19.1. The number of hydrogen-bond donors (Lipinski definition) is 2. The topological polar surface area (TPSA) is 95.9 Å². The normalized spacial score (nSPS) is 16.5. The van der Waals surface area contributed by atoms with Crippen LogP contribution in [0.2, 0.25) is 0 Å². The van der Waals surface area contributed by atoms with Crippen molar-refractivity contribution in [3.05, 3.63) is 76.5 Å². The summed E-state index contributed by atoms with van der Waals surface area (Å²) >= 11 is 0. The monoisotopic (exact) mass is 402 g/mol. The van der Waals surface area contributed by atoms with Crippen molar-refractivity contribution in [2.45, 2.75) is 13.0 Å². The van der Waals surface area contributed by atoms with Crippen molar-refractivity contribution < 1.29 is 33.0 Å². The number of carbonyl (C=O) groups is 3. The first-order valence-electron chi connectivity index (χ1n) is 8.42. The smallest absolute Gasteiger partial charge is 0.337 e. The molecule has 1 aliphatic heterocycles. The zero-order chi connectivity index (χ0) is 21.3. The van der Waals surface area contributed by atoms with Crippen LogP contribution in [-0.4, -0.2) is 30.2 Å². The third-order valence-electron chi connectivity index (χ3n) is 4.54. The first-order valence-corrected chi connectivity index (χ1v) is 8.42. The summed E-state index contributed by atoms with van der Waals surface area (Å²) in [5.74, 6) is -3.66. The molecular weight excluding hydrogens is 386 g/mol. The number of benzene rings is 2.